The summed E-state index contributed by atoms with van der Waals surface area (Å²) in [5.74, 6) is -45.0. The first kappa shape index (κ1) is 91.0. The van der Waals surface area contributed by atoms with Gasteiger partial charge < -0.3 is 114 Å². The first-order valence-electron chi connectivity index (χ1n) is 33.9. The van der Waals surface area contributed by atoms with Gasteiger partial charge in [0.1, 0.15) is 28.7 Å². The first-order chi connectivity index (χ1) is 56.2. The summed E-state index contributed by atoms with van der Waals surface area (Å²) in [7, 11) is 0. The second-order valence-corrected chi connectivity index (χ2v) is 23.8. The van der Waals surface area contributed by atoms with Crippen molar-refractivity contribution in [1.29, 1.82) is 0 Å². The van der Waals surface area contributed by atoms with Crippen LogP contribution in [0.25, 0.3) is 0 Å². The zero-order valence-corrected chi connectivity index (χ0v) is 66.1. The molecule has 7 aromatic rings. The maximum atomic E-state index is 13.5. The average Bonchev–Trinajstić information content (AvgIpc) is 0.768. The monoisotopic (exact) mass is 1670 g/mol. The summed E-state index contributed by atoms with van der Waals surface area (Å²) in [6.45, 7) is 15.8. The molecule has 0 N–H and O–H groups in total. The molecule has 0 atom stereocenters. The van der Waals surface area contributed by atoms with Crippen molar-refractivity contribution < 1.29 is 200 Å². The average molecular weight is 1680 g/mol. The maximum Gasteiger partial charge on any atom is 0.308 e. The van der Waals surface area contributed by atoms with Gasteiger partial charge in [0, 0.05) is 197 Å². The number of benzene rings is 7. The predicted octanol–water partition coefficient (Wildman–Crippen LogP) is 11.1. The second kappa shape index (κ2) is 39.7. The molecular weight excluding hydrogens is 1610 g/mol. The lowest BCUT2D eigenvalue weighted by Crippen LogP contribution is -2.13. The second-order valence-electron chi connectivity index (χ2n) is 23.8. The number of carbonyl (C=O) groups excluding carboxylic acids is 18. The number of rotatable bonds is 30. The van der Waals surface area contributed by atoms with Crippen molar-refractivity contribution in [1.82, 2.24) is 0 Å². The molecule has 0 radical (unpaired) electrons. The van der Waals surface area contributed by atoms with E-state index < -0.39 is 274 Å². The number of hydrogen-bond acceptors (Lipinski definition) is 42. The highest BCUT2D eigenvalue weighted by atomic mass is 16.7. The van der Waals surface area contributed by atoms with E-state index in [0.29, 0.717) is 6.07 Å². The van der Waals surface area contributed by atoms with Gasteiger partial charge in [-0.05, 0) is 0 Å². The topological polar surface area (TPSA) is 529 Å². The van der Waals surface area contributed by atoms with Crippen molar-refractivity contribution in [3.63, 3.8) is 0 Å². The van der Waals surface area contributed by atoms with E-state index in [0.717, 1.165) is 191 Å². The van der Waals surface area contributed by atoms with Gasteiger partial charge in [0.25, 0.3) is 0 Å². The largest absolute Gasteiger partial charge is 0.449 e. The normalized spacial score (nSPS) is 10.3. The maximum absolute atomic E-state index is 13.5. The Kier molecular flexibility index (Phi) is 30.1. The first-order valence-corrected chi connectivity index (χ1v) is 33.9. The molecule has 0 bridgehead atoms. The third kappa shape index (κ3) is 25.9. The molecule has 0 aromatic heterocycles. The van der Waals surface area contributed by atoms with Crippen molar-refractivity contribution >= 4 is 107 Å². The lowest BCUT2D eigenvalue weighted by atomic mass is 10.2. The van der Waals surface area contributed by atoms with Crippen LogP contribution in [-0.4, -0.2) is 107 Å². The van der Waals surface area contributed by atoms with Crippen LogP contribution >= 0.6 is 0 Å². The molecule has 42 nitrogen and oxygen atoms in total. The van der Waals surface area contributed by atoms with Crippen LogP contribution in [0, 0.1) is 0 Å². The van der Waals surface area contributed by atoms with Gasteiger partial charge in [-0.15, -0.1) is 0 Å². The SMILES string of the molecule is CC(=O)Oc1cc(OC(C)=O)c(Oc2cc(OC(C)=O)c(Oc3cc(OC(C)=O)c(OC(C)=O)c(OC(C)=O)c3Oc3cc(OC(C)=O)c(Oc4cc(OC(C)=O)c(OC(C)=O)c(OC(C)=O)c4Oc4cc(OC(C)=O)c(OC(C)=O)c(OC(C)=O)c4)c(OC(C)=O)c3)c(OC(C)=O)c2)c(Oc2c(OC(C)=O)cc(OC(C)=O)cc2OC(C)=O)c1. The number of esters is 18. The molecule has 630 valence electrons. The van der Waals surface area contributed by atoms with Crippen molar-refractivity contribution in [2.45, 2.75) is 125 Å². The third-order valence-corrected chi connectivity index (χ3v) is 13.1. The number of carbonyl (C=O) groups is 18. The molecule has 0 saturated heterocycles. The van der Waals surface area contributed by atoms with E-state index in [9.17, 15) is 86.3 Å². The standard InChI is InChI=1S/C78H66O42/c1-31(79)97-49-20-57(102-36(6)84)70(58(21-49)103-37(7)85)118-63-22-50(98-32(2)80)19-56(101-35(5)83)69(63)115-51-23-59(104-38(8)86)71(60(24-51)105-39(9)87)119-67-30-65(109-43(13)91)74(112-46(16)94)78(114-48(18)96)76(67)117-53-27-61(106-40(10)88)72(62(28-53)107-41(11)89)120-66-29-64(108-42(12)90)73(111-45(15)93)77(113-47(17)95)75(66)116-52-25-54(99-33(3)81)68(110-44(14)92)55(26-52)100-34(4)82/h19-30H,1-18H3. The molecule has 0 unspecified atom stereocenters. The van der Waals surface area contributed by atoms with Gasteiger partial charge in [0.15, 0.2) is 80.5 Å². The predicted molar refractivity (Wildman–Crippen MR) is 389 cm³/mol. The van der Waals surface area contributed by atoms with Crippen LogP contribution in [0.4, 0.5) is 0 Å². The van der Waals surface area contributed by atoms with Gasteiger partial charge in [-0.2, -0.15) is 0 Å². The molecule has 0 saturated carbocycles. The lowest BCUT2D eigenvalue weighted by Gasteiger charge is -2.23. The van der Waals surface area contributed by atoms with Crippen LogP contribution in [-0.2, 0) is 86.3 Å². The minimum Gasteiger partial charge on any atom is -0.449 e. The summed E-state index contributed by atoms with van der Waals surface area (Å²) in [6, 6.07) is 9.92. The van der Waals surface area contributed by atoms with E-state index in [4.69, 9.17) is 114 Å². The van der Waals surface area contributed by atoms with Crippen LogP contribution in [0.2, 0.25) is 0 Å². The summed E-state index contributed by atoms with van der Waals surface area (Å²) in [5.41, 5.74) is 0. The Morgan fingerprint density at radius 3 is 0.475 bits per heavy atom. The summed E-state index contributed by atoms with van der Waals surface area (Å²) in [5, 5.41) is 0. The van der Waals surface area contributed by atoms with E-state index in [1.807, 2.05) is 0 Å². The minimum absolute atomic E-state index is 0.382. The van der Waals surface area contributed by atoms with Gasteiger partial charge in [-0.3, -0.25) is 86.3 Å². The van der Waals surface area contributed by atoms with Gasteiger partial charge in [-0.25, -0.2) is 0 Å². The summed E-state index contributed by atoms with van der Waals surface area (Å²) < 4.78 is 136. The fraction of sp³-hybridized carbons (Fsp3) is 0.231. The van der Waals surface area contributed by atoms with E-state index in [-0.39, 0.29) is 5.75 Å². The van der Waals surface area contributed by atoms with Crippen LogP contribution in [0.15, 0.2) is 72.8 Å². The molecule has 7 rings (SSSR count). The van der Waals surface area contributed by atoms with E-state index in [2.05, 4.69) is 0 Å². The van der Waals surface area contributed by atoms with Crippen LogP contribution in [0.5, 0.6) is 172 Å². The molecule has 0 amide bonds. The lowest BCUT2D eigenvalue weighted by molar-refractivity contribution is -0.135. The Labute approximate surface area is 675 Å². The van der Waals surface area contributed by atoms with Gasteiger partial charge in [-0.1, -0.05) is 0 Å². The van der Waals surface area contributed by atoms with Crippen LogP contribution in [0.1, 0.15) is 125 Å². The number of ether oxygens (including phenoxy) is 24. The van der Waals surface area contributed by atoms with Crippen molar-refractivity contribution in [2.75, 3.05) is 0 Å². The molecule has 0 aliphatic heterocycles. The molecule has 0 aliphatic rings. The highest BCUT2D eigenvalue weighted by Gasteiger charge is 2.37. The molecular formula is C78H66O42. The fourth-order valence-corrected chi connectivity index (χ4v) is 9.79. The van der Waals surface area contributed by atoms with Gasteiger partial charge >= 0.3 is 107 Å². The third-order valence-electron chi connectivity index (χ3n) is 13.1. The van der Waals surface area contributed by atoms with E-state index in [1.54, 1.807) is 0 Å². The Hall–Kier alpha value is -16.2. The highest BCUT2D eigenvalue weighted by Crippen LogP contribution is 2.60. The summed E-state index contributed by atoms with van der Waals surface area (Å²) in [4.78, 5) is 233. The minimum atomic E-state index is -1.31. The van der Waals surface area contributed by atoms with Gasteiger partial charge in [0.05, 0.1) is 0 Å². The molecule has 0 spiro atoms. The molecule has 0 fully saturated rings. The number of hydrogen-bond donors (Lipinski definition) is 0. The van der Waals surface area contributed by atoms with E-state index >= 15 is 0 Å². The Bertz CT molecular complexity index is 5320. The van der Waals surface area contributed by atoms with Crippen molar-refractivity contribution in [2.24, 2.45) is 0 Å². The van der Waals surface area contributed by atoms with Crippen molar-refractivity contribution in [3.8, 4) is 172 Å². The molecule has 7 aromatic carbocycles. The smallest absolute Gasteiger partial charge is 0.308 e. The zero-order chi connectivity index (χ0) is 89.2. The summed E-state index contributed by atoms with van der Waals surface area (Å²) in [6.07, 6.45) is 0. The quantitative estimate of drug-likeness (QED) is 0.0298. The fourth-order valence-electron chi connectivity index (χ4n) is 9.79. The summed E-state index contributed by atoms with van der Waals surface area (Å²) >= 11 is 0. The molecule has 0 heterocycles. The zero-order valence-electron chi connectivity index (χ0n) is 66.1. The van der Waals surface area contributed by atoms with Crippen LogP contribution < -0.4 is 114 Å². The Morgan fingerprint density at radius 1 is 0.125 bits per heavy atom. The Balaban J connectivity index is 1.59. The molecule has 42 heteroatoms. The molecule has 0 aliphatic carbocycles. The van der Waals surface area contributed by atoms with Crippen molar-refractivity contribution in [3.05, 3.63) is 72.8 Å². The Morgan fingerprint density at radius 2 is 0.267 bits per heavy atom. The van der Waals surface area contributed by atoms with Gasteiger partial charge in [0.2, 0.25) is 63.2 Å². The van der Waals surface area contributed by atoms with E-state index in [1.165, 1.54) is 0 Å². The highest BCUT2D eigenvalue weighted by molar-refractivity contribution is 5.87. The molecule has 120 heavy (non-hydrogen) atoms. The van der Waals surface area contributed by atoms with Crippen LogP contribution in [0.3, 0.4) is 0 Å².